The number of halogens is 2. The van der Waals surface area contributed by atoms with Crippen molar-refractivity contribution in [1.29, 1.82) is 0 Å². The summed E-state index contributed by atoms with van der Waals surface area (Å²) in [6.07, 6.45) is 3.97. The van der Waals surface area contributed by atoms with E-state index in [4.69, 9.17) is 11.6 Å². The lowest BCUT2D eigenvalue weighted by Crippen LogP contribution is -2.02. The van der Waals surface area contributed by atoms with Crippen molar-refractivity contribution in [3.8, 4) is 0 Å². The lowest BCUT2D eigenvalue weighted by molar-refractivity contribution is 0.532. The van der Waals surface area contributed by atoms with Crippen molar-refractivity contribution in [2.75, 3.05) is 5.32 Å². The van der Waals surface area contributed by atoms with E-state index in [-0.39, 0.29) is 0 Å². The molecule has 0 unspecified atom stereocenters. The monoisotopic (exact) mass is 375 g/mol. The standard InChI is InChI=1S/C13H15ClIN3/c1-9(2)18-8-10(7-17-18)6-16-13-4-3-11(14)5-12(13)15/h3-5,7-9,16H,6H2,1-2H3. The van der Waals surface area contributed by atoms with Crippen LogP contribution in [0.5, 0.6) is 0 Å². The van der Waals surface area contributed by atoms with E-state index in [2.05, 4.69) is 53.1 Å². The Hall–Kier alpha value is -0.750. The first-order valence-corrected chi connectivity index (χ1v) is 7.24. The number of benzene rings is 1. The van der Waals surface area contributed by atoms with Crippen LogP contribution in [-0.4, -0.2) is 9.78 Å². The fourth-order valence-corrected chi connectivity index (χ4v) is 2.64. The summed E-state index contributed by atoms with van der Waals surface area (Å²) in [6.45, 7) is 5.00. The summed E-state index contributed by atoms with van der Waals surface area (Å²) in [5.74, 6) is 0. The first-order valence-electron chi connectivity index (χ1n) is 5.78. The first-order chi connectivity index (χ1) is 8.56. The van der Waals surface area contributed by atoms with Gasteiger partial charge in [-0.3, -0.25) is 4.68 Å². The molecular weight excluding hydrogens is 361 g/mol. The molecule has 3 nitrogen and oxygen atoms in total. The molecule has 0 radical (unpaired) electrons. The Morgan fingerprint density at radius 3 is 2.83 bits per heavy atom. The molecule has 96 valence electrons. The van der Waals surface area contributed by atoms with E-state index in [1.54, 1.807) is 0 Å². The first kappa shape index (κ1) is 13.7. The van der Waals surface area contributed by atoms with Crippen LogP contribution in [0.1, 0.15) is 25.5 Å². The average Bonchev–Trinajstić information content (AvgIpc) is 2.76. The largest absolute Gasteiger partial charge is 0.380 e. The minimum absolute atomic E-state index is 0.398. The molecule has 1 aromatic carbocycles. The minimum atomic E-state index is 0.398. The second-order valence-corrected chi connectivity index (χ2v) is 6.00. The van der Waals surface area contributed by atoms with E-state index in [1.165, 1.54) is 5.56 Å². The number of nitrogens with zero attached hydrogens (tertiary/aromatic N) is 2. The number of hydrogen-bond acceptors (Lipinski definition) is 2. The zero-order chi connectivity index (χ0) is 13.1. The van der Waals surface area contributed by atoms with Crippen molar-refractivity contribution >= 4 is 39.9 Å². The van der Waals surface area contributed by atoms with Gasteiger partial charge in [-0.25, -0.2) is 0 Å². The van der Waals surface area contributed by atoms with Gasteiger partial charge in [-0.2, -0.15) is 5.10 Å². The zero-order valence-corrected chi connectivity index (χ0v) is 13.2. The van der Waals surface area contributed by atoms with Crippen LogP contribution in [-0.2, 0) is 6.54 Å². The Balaban J connectivity index is 2.02. The zero-order valence-electron chi connectivity index (χ0n) is 10.3. The predicted molar refractivity (Wildman–Crippen MR) is 84.1 cm³/mol. The third-order valence-corrected chi connectivity index (χ3v) is 3.73. The van der Waals surface area contributed by atoms with Crippen LogP contribution < -0.4 is 5.32 Å². The molecule has 2 aromatic rings. The van der Waals surface area contributed by atoms with Crippen molar-refractivity contribution in [2.24, 2.45) is 0 Å². The Bertz CT molecular complexity index is 537. The smallest absolute Gasteiger partial charge is 0.0539 e. The number of anilines is 1. The Morgan fingerprint density at radius 1 is 1.44 bits per heavy atom. The van der Waals surface area contributed by atoms with Crippen molar-refractivity contribution in [1.82, 2.24) is 9.78 Å². The van der Waals surface area contributed by atoms with Crippen molar-refractivity contribution in [3.63, 3.8) is 0 Å². The average molecular weight is 376 g/mol. The third-order valence-electron chi connectivity index (χ3n) is 2.60. The summed E-state index contributed by atoms with van der Waals surface area (Å²) in [7, 11) is 0. The molecule has 0 aliphatic carbocycles. The van der Waals surface area contributed by atoms with Gasteiger partial charge in [0.1, 0.15) is 0 Å². The molecule has 1 heterocycles. The molecule has 0 aliphatic rings. The molecule has 5 heteroatoms. The third kappa shape index (κ3) is 3.38. The van der Waals surface area contributed by atoms with Gasteiger partial charge >= 0.3 is 0 Å². The number of aromatic nitrogens is 2. The van der Waals surface area contributed by atoms with Gasteiger partial charge in [0.25, 0.3) is 0 Å². The van der Waals surface area contributed by atoms with E-state index in [1.807, 2.05) is 29.1 Å². The molecule has 0 fully saturated rings. The van der Waals surface area contributed by atoms with Gasteiger partial charge in [0.15, 0.2) is 0 Å². The molecule has 1 N–H and O–H groups in total. The quantitative estimate of drug-likeness (QED) is 0.806. The molecular formula is C13H15ClIN3. The minimum Gasteiger partial charge on any atom is -0.380 e. The molecule has 0 bridgehead atoms. The number of rotatable bonds is 4. The molecule has 1 aromatic heterocycles. The summed E-state index contributed by atoms with van der Waals surface area (Å²) >= 11 is 8.20. The summed E-state index contributed by atoms with van der Waals surface area (Å²) in [6, 6.07) is 6.23. The van der Waals surface area contributed by atoms with Gasteiger partial charge in [-0.15, -0.1) is 0 Å². The van der Waals surface area contributed by atoms with Gasteiger partial charge in [0.05, 0.1) is 6.20 Å². The number of hydrogen-bond donors (Lipinski definition) is 1. The van der Waals surface area contributed by atoms with E-state index < -0.39 is 0 Å². The molecule has 2 rings (SSSR count). The van der Waals surface area contributed by atoms with Gasteiger partial charge in [-0.1, -0.05) is 11.6 Å². The van der Waals surface area contributed by atoms with Gasteiger partial charge in [0.2, 0.25) is 0 Å². The van der Waals surface area contributed by atoms with Gasteiger partial charge in [0, 0.05) is 38.6 Å². The van der Waals surface area contributed by atoms with Crippen molar-refractivity contribution in [2.45, 2.75) is 26.4 Å². The normalized spacial score (nSPS) is 10.9. The van der Waals surface area contributed by atoms with Crippen molar-refractivity contribution in [3.05, 3.63) is 44.7 Å². The molecule has 0 spiro atoms. The molecule has 0 atom stereocenters. The van der Waals surface area contributed by atoms with Crippen LogP contribution in [0.3, 0.4) is 0 Å². The topological polar surface area (TPSA) is 29.9 Å². The molecule has 0 saturated carbocycles. The fourth-order valence-electron chi connectivity index (χ4n) is 1.58. The van der Waals surface area contributed by atoms with E-state index in [0.29, 0.717) is 6.04 Å². The lowest BCUT2D eigenvalue weighted by Gasteiger charge is -2.07. The summed E-state index contributed by atoms with van der Waals surface area (Å²) in [5, 5.41) is 8.47. The van der Waals surface area contributed by atoms with Crippen LogP contribution in [0, 0.1) is 3.57 Å². The second kappa shape index (κ2) is 5.93. The van der Waals surface area contributed by atoms with Crippen molar-refractivity contribution < 1.29 is 0 Å². The van der Waals surface area contributed by atoms with Crippen LogP contribution >= 0.6 is 34.2 Å². The van der Waals surface area contributed by atoms with Crippen LogP contribution in [0.15, 0.2) is 30.6 Å². The Morgan fingerprint density at radius 2 is 2.22 bits per heavy atom. The fraction of sp³-hybridized carbons (Fsp3) is 0.308. The SMILES string of the molecule is CC(C)n1cc(CNc2ccc(Cl)cc2I)cn1. The summed E-state index contributed by atoms with van der Waals surface area (Å²) < 4.78 is 3.08. The van der Waals surface area contributed by atoms with Gasteiger partial charge in [-0.05, 0) is 54.6 Å². The van der Waals surface area contributed by atoms with Crippen LogP contribution in [0.4, 0.5) is 5.69 Å². The summed E-state index contributed by atoms with van der Waals surface area (Å²) in [5.41, 5.74) is 2.27. The Kier molecular flexibility index (Phi) is 4.50. The van der Waals surface area contributed by atoms with E-state index in [0.717, 1.165) is 20.8 Å². The maximum atomic E-state index is 5.93. The maximum absolute atomic E-state index is 5.93. The Labute approximate surface area is 126 Å². The van der Waals surface area contributed by atoms with Gasteiger partial charge < -0.3 is 5.32 Å². The highest BCUT2D eigenvalue weighted by atomic mass is 127. The molecule has 0 aliphatic heterocycles. The van der Waals surface area contributed by atoms with Crippen LogP contribution in [0.2, 0.25) is 5.02 Å². The van der Waals surface area contributed by atoms with E-state index >= 15 is 0 Å². The highest BCUT2D eigenvalue weighted by molar-refractivity contribution is 14.1. The number of nitrogens with one attached hydrogen (secondary N) is 1. The lowest BCUT2D eigenvalue weighted by atomic mass is 10.3. The molecule has 0 saturated heterocycles. The maximum Gasteiger partial charge on any atom is 0.0539 e. The highest BCUT2D eigenvalue weighted by Crippen LogP contribution is 2.22. The highest BCUT2D eigenvalue weighted by Gasteiger charge is 2.03. The predicted octanol–water partition coefficient (Wildman–Crippen LogP) is 4.33. The molecule has 0 amide bonds. The molecule has 18 heavy (non-hydrogen) atoms. The second-order valence-electron chi connectivity index (χ2n) is 4.40. The van der Waals surface area contributed by atoms with Crippen LogP contribution in [0.25, 0.3) is 0 Å². The van der Waals surface area contributed by atoms with E-state index in [9.17, 15) is 0 Å². The summed E-state index contributed by atoms with van der Waals surface area (Å²) in [4.78, 5) is 0.